The molecule has 2 saturated carbocycles. The minimum Gasteiger partial charge on any atom is -0.489 e. The van der Waals surface area contributed by atoms with E-state index in [9.17, 15) is 13.2 Å². The van der Waals surface area contributed by atoms with Gasteiger partial charge in [0, 0.05) is 13.2 Å². The number of rotatable bonds is 9. The molecule has 3 nitrogen and oxygen atoms in total. The first-order chi connectivity index (χ1) is 17.3. The molecule has 0 bridgehead atoms. The predicted octanol–water partition coefficient (Wildman–Crippen LogP) is 7.48. The summed E-state index contributed by atoms with van der Waals surface area (Å²) >= 11 is 0. The third-order valence-electron chi connectivity index (χ3n) is 8.88. The maximum atomic E-state index is 12.2. The van der Waals surface area contributed by atoms with Crippen LogP contribution in [0.15, 0.2) is 48.5 Å². The lowest BCUT2D eigenvalue weighted by molar-refractivity contribution is -0.175. The molecule has 5 atom stereocenters. The molecule has 0 aromatic heterocycles. The lowest BCUT2D eigenvalue weighted by Crippen LogP contribution is -2.44. The fourth-order valence-electron chi connectivity index (χ4n) is 7.19. The van der Waals surface area contributed by atoms with Crippen molar-refractivity contribution in [2.24, 2.45) is 17.3 Å². The third-order valence-corrected chi connectivity index (χ3v) is 8.88. The second-order valence-corrected chi connectivity index (χ2v) is 11.1. The van der Waals surface area contributed by atoms with Crippen molar-refractivity contribution < 1.29 is 27.4 Å². The van der Waals surface area contributed by atoms with Crippen molar-refractivity contribution in [1.82, 2.24) is 0 Å². The van der Waals surface area contributed by atoms with Crippen LogP contribution >= 0.6 is 0 Å². The molecule has 0 N–H and O–H groups in total. The summed E-state index contributed by atoms with van der Waals surface area (Å²) in [6.45, 7) is 2.35. The van der Waals surface area contributed by atoms with Crippen LogP contribution in [0.2, 0.25) is 0 Å². The molecule has 0 saturated heterocycles. The Bertz CT molecular complexity index is 1010. The fourth-order valence-corrected chi connectivity index (χ4v) is 7.19. The zero-order chi connectivity index (χ0) is 25.2. The molecule has 5 rings (SSSR count). The number of fused-ring (bicyclic) bond motifs is 5. The van der Waals surface area contributed by atoms with Gasteiger partial charge in [-0.05, 0) is 96.9 Å². The van der Waals surface area contributed by atoms with E-state index in [1.807, 2.05) is 18.2 Å². The van der Waals surface area contributed by atoms with Gasteiger partial charge < -0.3 is 14.2 Å². The van der Waals surface area contributed by atoms with E-state index in [1.165, 1.54) is 36.0 Å². The fraction of sp³-hybridized carbons (Fsp3) is 0.600. The molecule has 196 valence electrons. The highest BCUT2D eigenvalue weighted by Gasteiger charge is 2.55. The molecule has 2 fully saturated rings. The monoisotopic (exact) mass is 502 g/mol. The van der Waals surface area contributed by atoms with Gasteiger partial charge in [-0.2, -0.15) is 13.2 Å². The number of benzene rings is 2. The molecular weight excluding hydrogens is 465 g/mol. The molecular formula is C30H37F3O3. The van der Waals surface area contributed by atoms with Crippen LogP contribution in [0.5, 0.6) is 5.75 Å². The van der Waals surface area contributed by atoms with Crippen LogP contribution in [0.1, 0.15) is 68.1 Å². The van der Waals surface area contributed by atoms with Crippen molar-refractivity contribution in [3.8, 4) is 5.75 Å². The maximum Gasteiger partial charge on any atom is 0.411 e. The minimum atomic E-state index is -4.26. The summed E-state index contributed by atoms with van der Waals surface area (Å²) in [5.74, 6) is 2.87. The van der Waals surface area contributed by atoms with E-state index in [0.29, 0.717) is 37.4 Å². The molecule has 3 aliphatic rings. The molecule has 6 heteroatoms. The predicted molar refractivity (Wildman–Crippen MR) is 133 cm³/mol. The smallest absolute Gasteiger partial charge is 0.411 e. The van der Waals surface area contributed by atoms with Gasteiger partial charge in [0.1, 0.15) is 19.0 Å². The molecule has 0 amide bonds. The summed E-state index contributed by atoms with van der Waals surface area (Å²) in [4.78, 5) is 0. The minimum absolute atomic E-state index is 0.0882. The summed E-state index contributed by atoms with van der Waals surface area (Å²) in [6.07, 6.45) is 3.27. The summed E-state index contributed by atoms with van der Waals surface area (Å²) in [6, 6.07) is 17.0. The van der Waals surface area contributed by atoms with Crippen LogP contribution in [0.4, 0.5) is 13.2 Å². The standard InChI is InChI=1S/C30H37F3O3/c1-29-15-14-25-24-11-9-23(36-19-21-6-3-2-4-7-21)18-22(24)8-10-26(25)27(29)12-13-28(29)35-17-5-16-34-20-30(31,32)33/h2-4,6-7,9,11,18,25-28H,5,8,10,12-17,19-20H2,1H3. The van der Waals surface area contributed by atoms with Gasteiger partial charge in [-0.15, -0.1) is 0 Å². The summed E-state index contributed by atoms with van der Waals surface area (Å²) < 4.78 is 53.8. The molecule has 2 aromatic carbocycles. The number of halogens is 3. The van der Waals surface area contributed by atoms with E-state index in [0.717, 1.165) is 25.0 Å². The number of aryl methyl sites for hydroxylation is 1. The van der Waals surface area contributed by atoms with Crippen LogP contribution in [0.3, 0.4) is 0 Å². The highest BCUT2D eigenvalue weighted by atomic mass is 19.4. The van der Waals surface area contributed by atoms with E-state index in [2.05, 4.69) is 37.3 Å². The zero-order valence-electron chi connectivity index (χ0n) is 21.1. The van der Waals surface area contributed by atoms with Gasteiger partial charge in [0.15, 0.2) is 0 Å². The normalized spacial score (nSPS) is 29.3. The largest absolute Gasteiger partial charge is 0.489 e. The lowest BCUT2D eigenvalue weighted by atomic mass is 9.55. The topological polar surface area (TPSA) is 27.7 Å². The number of hydrogen-bond donors (Lipinski definition) is 0. The Balaban J connectivity index is 1.16. The zero-order valence-corrected chi connectivity index (χ0v) is 21.1. The van der Waals surface area contributed by atoms with Crippen LogP contribution in [-0.4, -0.2) is 32.1 Å². The first kappa shape index (κ1) is 25.6. The highest BCUT2D eigenvalue weighted by Crippen LogP contribution is 2.61. The van der Waals surface area contributed by atoms with Gasteiger partial charge in [-0.3, -0.25) is 0 Å². The van der Waals surface area contributed by atoms with Gasteiger partial charge in [0.25, 0.3) is 0 Å². The molecule has 5 unspecified atom stereocenters. The van der Waals surface area contributed by atoms with E-state index >= 15 is 0 Å². The van der Waals surface area contributed by atoms with Gasteiger partial charge >= 0.3 is 6.18 Å². The molecule has 3 aliphatic carbocycles. The van der Waals surface area contributed by atoms with E-state index in [1.54, 1.807) is 0 Å². The Kier molecular flexibility index (Phi) is 7.64. The molecule has 0 aliphatic heterocycles. The average Bonchev–Trinajstić information content (AvgIpc) is 3.20. The van der Waals surface area contributed by atoms with Gasteiger partial charge in [-0.25, -0.2) is 0 Å². The SMILES string of the molecule is CC12CCC3c4ccc(OCc5ccccc5)cc4CCC3C1CCC2OCCCOCC(F)(F)F. The van der Waals surface area contributed by atoms with Gasteiger partial charge in [0.05, 0.1) is 6.10 Å². The van der Waals surface area contributed by atoms with E-state index < -0.39 is 12.8 Å². The summed E-state index contributed by atoms with van der Waals surface area (Å²) in [5.41, 5.74) is 4.28. The molecule has 0 heterocycles. The van der Waals surface area contributed by atoms with Crippen molar-refractivity contribution in [2.75, 3.05) is 19.8 Å². The van der Waals surface area contributed by atoms with Crippen molar-refractivity contribution in [3.05, 3.63) is 65.2 Å². The molecule has 2 aromatic rings. The van der Waals surface area contributed by atoms with Crippen molar-refractivity contribution in [1.29, 1.82) is 0 Å². The Labute approximate surface area is 212 Å². The maximum absolute atomic E-state index is 12.2. The second-order valence-electron chi connectivity index (χ2n) is 11.1. The average molecular weight is 503 g/mol. The molecule has 36 heavy (non-hydrogen) atoms. The number of alkyl halides is 3. The Morgan fingerprint density at radius 1 is 0.972 bits per heavy atom. The van der Waals surface area contributed by atoms with Crippen LogP contribution in [0.25, 0.3) is 0 Å². The molecule has 0 radical (unpaired) electrons. The van der Waals surface area contributed by atoms with Crippen LogP contribution in [-0.2, 0) is 22.5 Å². The number of ether oxygens (including phenoxy) is 3. The Morgan fingerprint density at radius 2 is 1.81 bits per heavy atom. The van der Waals surface area contributed by atoms with Crippen LogP contribution < -0.4 is 4.74 Å². The van der Waals surface area contributed by atoms with Gasteiger partial charge in [-0.1, -0.05) is 43.3 Å². The van der Waals surface area contributed by atoms with Crippen molar-refractivity contribution >= 4 is 0 Å². The first-order valence-electron chi connectivity index (χ1n) is 13.4. The van der Waals surface area contributed by atoms with Crippen molar-refractivity contribution in [2.45, 2.75) is 76.7 Å². The van der Waals surface area contributed by atoms with E-state index in [-0.39, 0.29) is 18.1 Å². The van der Waals surface area contributed by atoms with Gasteiger partial charge in [0.2, 0.25) is 0 Å². The Hall–Kier alpha value is -2.05. The number of hydrogen-bond acceptors (Lipinski definition) is 3. The lowest BCUT2D eigenvalue weighted by Gasteiger charge is -2.50. The highest BCUT2D eigenvalue weighted by molar-refractivity contribution is 5.41. The second kappa shape index (κ2) is 10.7. The molecule has 0 spiro atoms. The Morgan fingerprint density at radius 3 is 2.61 bits per heavy atom. The third kappa shape index (κ3) is 5.60. The first-order valence-corrected chi connectivity index (χ1v) is 13.4. The summed E-state index contributed by atoms with van der Waals surface area (Å²) in [5, 5.41) is 0. The van der Waals surface area contributed by atoms with Crippen LogP contribution in [0, 0.1) is 17.3 Å². The quantitative estimate of drug-likeness (QED) is 0.333. The van der Waals surface area contributed by atoms with Crippen molar-refractivity contribution in [3.63, 3.8) is 0 Å². The summed E-state index contributed by atoms with van der Waals surface area (Å²) in [7, 11) is 0. The van der Waals surface area contributed by atoms with E-state index in [4.69, 9.17) is 14.2 Å².